The van der Waals surface area contributed by atoms with Gasteiger partial charge in [0.05, 0.1) is 11.3 Å². The van der Waals surface area contributed by atoms with E-state index in [2.05, 4.69) is 20.7 Å². The molecule has 0 saturated carbocycles. The molecule has 0 aliphatic heterocycles. The van der Waals surface area contributed by atoms with Gasteiger partial charge in [-0.2, -0.15) is 0 Å². The Bertz CT molecular complexity index is 795. The van der Waals surface area contributed by atoms with Crippen molar-refractivity contribution in [3.8, 4) is 5.75 Å². The highest BCUT2D eigenvalue weighted by molar-refractivity contribution is 7.13. The molecule has 1 amide bonds. The lowest BCUT2D eigenvalue weighted by molar-refractivity contribution is 0.102. The van der Waals surface area contributed by atoms with Crippen LogP contribution in [0.25, 0.3) is 0 Å². The number of hydrogen-bond acceptors (Lipinski definition) is 7. The Hall–Kier alpha value is -2.74. The first-order valence-electron chi connectivity index (χ1n) is 6.85. The maximum absolute atomic E-state index is 12.2. The van der Waals surface area contributed by atoms with Crippen molar-refractivity contribution in [2.75, 3.05) is 5.32 Å². The summed E-state index contributed by atoms with van der Waals surface area (Å²) in [5.41, 5.74) is 3.75. The molecule has 0 saturated heterocycles. The second-order valence-electron chi connectivity index (χ2n) is 4.82. The smallest absolute Gasteiger partial charge is 0.257 e. The molecule has 118 valence electrons. The van der Waals surface area contributed by atoms with Crippen molar-refractivity contribution in [3.05, 3.63) is 52.4 Å². The zero-order valence-electron chi connectivity index (χ0n) is 12.6. The quantitative estimate of drug-likeness (QED) is 0.773. The number of carbonyl (C=O) groups excluding carboxylic acids is 1. The Morgan fingerprint density at radius 1 is 1.39 bits per heavy atom. The second-order valence-corrected chi connectivity index (χ2v) is 5.65. The third kappa shape index (κ3) is 3.54. The molecule has 0 unspecified atom stereocenters. The van der Waals surface area contributed by atoms with Gasteiger partial charge in [0, 0.05) is 5.56 Å². The molecule has 3 aromatic rings. The molecule has 2 aromatic heterocycles. The minimum absolute atomic E-state index is 0.260. The largest absolute Gasteiger partial charge is 0.489 e. The Kier molecular flexibility index (Phi) is 4.33. The number of hydrogen-bond donors (Lipinski definition) is 1. The van der Waals surface area contributed by atoms with Gasteiger partial charge in [-0.15, -0.1) is 10.2 Å². The summed E-state index contributed by atoms with van der Waals surface area (Å²) in [4.78, 5) is 12.2. The molecule has 0 bridgehead atoms. The van der Waals surface area contributed by atoms with Crippen LogP contribution in [0, 0.1) is 13.8 Å². The van der Waals surface area contributed by atoms with Gasteiger partial charge in [-0.05, 0) is 32.0 Å². The molecule has 1 N–H and O–H groups in total. The van der Waals surface area contributed by atoms with E-state index in [1.165, 1.54) is 11.3 Å². The zero-order valence-corrected chi connectivity index (χ0v) is 13.4. The summed E-state index contributed by atoms with van der Waals surface area (Å²) < 4.78 is 10.8. The Morgan fingerprint density at radius 3 is 2.96 bits per heavy atom. The molecule has 2 heterocycles. The molecule has 0 aliphatic carbocycles. The number of benzene rings is 1. The normalized spacial score (nSPS) is 10.5. The molecule has 0 fully saturated rings. The van der Waals surface area contributed by atoms with E-state index in [0.29, 0.717) is 23.1 Å². The number of aromatic nitrogens is 3. The maximum atomic E-state index is 12.2. The first-order chi connectivity index (χ1) is 11.1. The predicted molar refractivity (Wildman–Crippen MR) is 84.6 cm³/mol. The van der Waals surface area contributed by atoms with Gasteiger partial charge in [0.15, 0.2) is 0 Å². The molecule has 0 radical (unpaired) electrons. The van der Waals surface area contributed by atoms with E-state index >= 15 is 0 Å². The van der Waals surface area contributed by atoms with Crippen LogP contribution in [-0.2, 0) is 6.61 Å². The minimum atomic E-state index is -0.260. The Balaban J connectivity index is 1.68. The van der Waals surface area contributed by atoms with Gasteiger partial charge < -0.3 is 9.26 Å². The number of carbonyl (C=O) groups is 1. The standard InChI is InChI=1S/C15H14N4O3S/c1-9-13(10(2)22-19-9)7-21-12-5-3-4-11(6-12)14(20)17-15-18-16-8-23-15/h3-6,8H,7H2,1-2H3,(H,17,18,20). The number of anilines is 1. The fourth-order valence-corrected chi connectivity index (χ4v) is 2.43. The Morgan fingerprint density at radius 2 is 2.26 bits per heavy atom. The summed E-state index contributed by atoms with van der Waals surface area (Å²) in [6.45, 7) is 4.04. The number of amides is 1. The molecule has 7 nitrogen and oxygen atoms in total. The topological polar surface area (TPSA) is 90.1 Å². The van der Waals surface area contributed by atoms with E-state index in [0.717, 1.165) is 17.0 Å². The van der Waals surface area contributed by atoms with Gasteiger partial charge in [-0.1, -0.05) is 22.6 Å². The summed E-state index contributed by atoms with van der Waals surface area (Å²) in [6.07, 6.45) is 0. The van der Waals surface area contributed by atoms with Crippen molar-refractivity contribution in [1.82, 2.24) is 15.4 Å². The van der Waals surface area contributed by atoms with Crippen molar-refractivity contribution in [2.45, 2.75) is 20.5 Å². The van der Waals surface area contributed by atoms with Crippen LogP contribution < -0.4 is 10.1 Å². The fraction of sp³-hybridized carbons (Fsp3) is 0.200. The highest BCUT2D eigenvalue weighted by Crippen LogP contribution is 2.19. The first kappa shape index (κ1) is 15.2. The monoisotopic (exact) mass is 330 g/mol. The molecule has 1 aromatic carbocycles. The molecular formula is C15H14N4O3S. The lowest BCUT2D eigenvalue weighted by Crippen LogP contribution is -2.11. The van der Waals surface area contributed by atoms with Crippen molar-refractivity contribution in [3.63, 3.8) is 0 Å². The molecule has 23 heavy (non-hydrogen) atoms. The van der Waals surface area contributed by atoms with E-state index in [1.54, 1.807) is 29.8 Å². The summed E-state index contributed by atoms with van der Waals surface area (Å²) >= 11 is 1.26. The molecule has 0 aliphatic rings. The average Bonchev–Trinajstić information content (AvgIpc) is 3.16. The van der Waals surface area contributed by atoms with E-state index in [1.807, 2.05) is 13.8 Å². The summed E-state index contributed by atoms with van der Waals surface area (Å²) in [6, 6.07) is 6.94. The van der Waals surface area contributed by atoms with Crippen LogP contribution in [-0.4, -0.2) is 21.3 Å². The number of nitrogens with one attached hydrogen (secondary N) is 1. The van der Waals surface area contributed by atoms with Crippen LogP contribution >= 0.6 is 11.3 Å². The van der Waals surface area contributed by atoms with Crippen molar-refractivity contribution < 1.29 is 14.1 Å². The molecule has 0 spiro atoms. The number of ether oxygens (including phenoxy) is 1. The molecule has 8 heteroatoms. The maximum Gasteiger partial charge on any atom is 0.257 e. The van der Waals surface area contributed by atoms with E-state index in [-0.39, 0.29) is 5.91 Å². The lowest BCUT2D eigenvalue weighted by atomic mass is 10.2. The van der Waals surface area contributed by atoms with Gasteiger partial charge in [-0.3, -0.25) is 10.1 Å². The van der Waals surface area contributed by atoms with E-state index in [4.69, 9.17) is 9.26 Å². The van der Waals surface area contributed by atoms with E-state index in [9.17, 15) is 4.79 Å². The van der Waals surface area contributed by atoms with Gasteiger partial charge in [0.1, 0.15) is 23.6 Å². The molecule has 3 rings (SSSR count). The third-order valence-corrected chi connectivity index (χ3v) is 3.85. The lowest BCUT2D eigenvalue weighted by Gasteiger charge is -2.07. The van der Waals surface area contributed by atoms with Crippen LogP contribution in [0.1, 0.15) is 27.4 Å². The minimum Gasteiger partial charge on any atom is -0.489 e. The van der Waals surface area contributed by atoms with Crippen molar-refractivity contribution in [2.24, 2.45) is 0 Å². The van der Waals surface area contributed by atoms with Crippen LogP contribution in [0.3, 0.4) is 0 Å². The fourth-order valence-electron chi connectivity index (χ4n) is 1.99. The summed E-state index contributed by atoms with van der Waals surface area (Å²) in [7, 11) is 0. The van der Waals surface area contributed by atoms with E-state index < -0.39 is 0 Å². The molecular weight excluding hydrogens is 316 g/mol. The van der Waals surface area contributed by atoms with Gasteiger partial charge in [-0.25, -0.2) is 0 Å². The zero-order chi connectivity index (χ0) is 16.2. The van der Waals surface area contributed by atoms with Crippen LogP contribution in [0.2, 0.25) is 0 Å². The van der Waals surface area contributed by atoms with Crippen LogP contribution in [0.4, 0.5) is 5.13 Å². The summed E-state index contributed by atoms with van der Waals surface area (Å²) in [5.74, 6) is 1.06. The van der Waals surface area contributed by atoms with Crippen molar-refractivity contribution in [1.29, 1.82) is 0 Å². The average molecular weight is 330 g/mol. The van der Waals surface area contributed by atoms with Gasteiger partial charge in [0.2, 0.25) is 5.13 Å². The summed E-state index contributed by atoms with van der Waals surface area (Å²) in [5, 5.41) is 14.5. The molecule has 0 atom stereocenters. The van der Waals surface area contributed by atoms with Gasteiger partial charge in [0.25, 0.3) is 5.91 Å². The highest BCUT2D eigenvalue weighted by atomic mass is 32.1. The predicted octanol–water partition coefficient (Wildman–Crippen LogP) is 2.97. The number of aryl methyl sites for hydroxylation is 2. The highest BCUT2D eigenvalue weighted by Gasteiger charge is 2.11. The Labute approximate surface area is 136 Å². The van der Waals surface area contributed by atoms with Crippen LogP contribution in [0.5, 0.6) is 5.75 Å². The first-order valence-corrected chi connectivity index (χ1v) is 7.73. The van der Waals surface area contributed by atoms with Crippen molar-refractivity contribution >= 4 is 22.4 Å². The van der Waals surface area contributed by atoms with Gasteiger partial charge >= 0.3 is 0 Å². The second kappa shape index (κ2) is 6.57. The number of nitrogens with zero attached hydrogens (tertiary/aromatic N) is 3. The third-order valence-electron chi connectivity index (χ3n) is 3.24. The van der Waals surface area contributed by atoms with Crippen LogP contribution in [0.15, 0.2) is 34.3 Å². The number of rotatable bonds is 5. The SMILES string of the molecule is Cc1noc(C)c1COc1cccc(C(=O)Nc2nncs2)c1.